The highest BCUT2D eigenvalue weighted by Gasteiger charge is 2.16. The molecule has 1 N–H and O–H groups in total. The minimum atomic E-state index is 0.650. The van der Waals surface area contributed by atoms with Crippen molar-refractivity contribution in [2.24, 2.45) is 0 Å². The van der Waals surface area contributed by atoms with Crippen molar-refractivity contribution >= 4 is 11.8 Å². The van der Waals surface area contributed by atoms with Crippen molar-refractivity contribution in [2.75, 3.05) is 0 Å². The topological polar surface area (TPSA) is 65.4 Å². The molecule has 0 amide bonds. The Hall–Kier alpha value is -1.80. The number of rotatable bonds is 2. The molecule has 0 fully saturated rings. The Morgan fingerprint density at radius 3 is 3.00 bits per heavy atom. The zero-order chi connectivity index (χ0) is 12.4. The largest absolute Gasteiger partial charge is 0.339 e. The van der Waals surface area contributed by atoms with Gasteiger partial charge in [0.2, 0.25) is 0 Å². The van der Waals surface area contributed by atoms with Crippen LogP contribution in [0.4, 0.5) is 0 Å². The number of hydrogen-bond acceptors (Lipinski definition) is 4. The summed E-state index contributed by atoms with van der Waals surface area (Å²) in [7, 11) is 0. The van der Waals surface area contributed by atoms with E-state index in [1.165, 1.54) is 30.2 Å². The molecule has 5 heteroatoms. The second-order valence-corrected chi connectivity index (χ2v) is 5.24. The standard InChI is InChI=1S/C13H12N4S/c14-8-10-7-9-3-1-2-4-11(9)17-12(10)18-13-15-5-6-16-13/h5-7H,1-4H2,(H,15,16). The molecule has 1 aliphatic rings. The van der Waals surface area contributed by atoms with Gasteiger partial charge in [-0.2, -0.15) is 5.26 Å². The summed E-state index contributed by atoms with van der Waals surface area (Å²) >= 11 is 1.42. The molecule has 2 aromatic rings. The van der Waals surface area contributed by atoms with Crippen LogP contribution >= 0.6 is 11.8 Å². The second-order valence-electron chi connectivity index (χ2n) is 4.26. The number of imidazole rings is 1. The van der Waals surface area contributed by atoms with Gasteiger partial charge in [0.1, 0.15) is 11.1 Å². The normalized spacial score (nSPS) is 13.9. The van der Waals surface area contributed by atoms with Gasteiger partial charge in [0.05, 0.1) is 5.56 Å². The number of aromatic amines is 1. The summed E-state index contributed by atoms with van der Waals surface area (Å²) in [6.45, 7) is 0. The highest BCUT2D eigenvalue weighted by atomic mass is 32.2. The van der Waals surface area contributed by atoms with Crippen LogP contribution in [0.25, 0.3) is 0 Å². The predicted octanol–water partition coefficient (Wildman–Crippen LogP) is 2.71. The molecule has 0 unspecified atom stereocenters. The number of H-pyrrole nitrogens is 1. The Morgan fingerprint density at radius 1 is 1.33 bits per heavy atom. The molecule has 18 heavy (non-hydrogen) atoms. The summed E-state index contributed by atoms with van der Waals surface area (Å²) in [6, 6.07) is 4.23. The fraction of sp³-hybridized carbons (Fsp3) is 0.308. The van der Waals surface area contributed by atoms with Gasteiger partial charge in [0.25, 0.3) is 0 Å². The van der Waals surface area contributed by atoms with Gasteiger partial charge in [-0.1, -0.05) is 0 Å². The molecule has 0 saturated carbocycles. The lowest BCUT2D eigenvalue weighted by atomic mass is 9.95. The zero-order valence-corrected chi connectivity index (χ0v) is 10.6. The minimum Gasteiger partial charge on any atom is -0.339 e. The van der Waals surface area contributed by atoms with Crippen molar-refractivity contribution in [3.63, 3.8) is 0 Å². The number of fused-ring (bicyclic) bond motifs is 1. The fourth-order valence-corrected chi connectivity index (χ4v) is 2.96. The molecule has 1 aliphatic carbocycles. The Labute approximate surface area is 109 Å². The van der Waals surface area contributed by atoms with Crippen molar-refractivity contribution in [3.05, 3.63) is 35.3 Å². The summed E-state index contributed by atoms with van der Waals surface area (Å²) in [5, 5.41) is 10.7. The molecular weight excluding hydrogens is 244 g/mol. The van der Waals surface area contributed by atoms with Crippen molar-refractivity contribution in [1.82, 2.24) is 15.0 Å². The van der Waals surface area contributed by atoms with E-state index >= 15 is 0 Å². The molecule has 0 spiro atoms. The van der Waals surface area contributed by atoms with E-state index in [1.54, 1.807) is 12.4 Å². The molecule has 2 heterocycles. The van der Waals surface area contributed by atoms with Crippen LogP contribution in [0.2, 0.25) is 0 Å². The van der Waals surface area contributed by atoms with E-state index in [0.29, 0.717) is 5.56 Å². The van der Waals surface area contributed by atoms with Crippen molar-refractivity contribution < 1.29 is 0 Å². The highest BCUT2D eigenvalue weighted by Crippen LogP contribution is 2.30. The lowest BCUT2D eigenvalue weighted by molar-refractivity contribution is 0.660. The molecule has 90 valence electrons. The van der Waals surface area contributed by atoms with Gasteiger partial charge in [-0.3, -0.25) is 0 Å². The van der Waals surface area contributed by atoms with Crippen LogP contribution in [-0.2, 0) is 12.8 Å². The van der Waals surface area contributed by atoms with Crippen LogP contribution in [0, 0.1) is 11.3 Å². The third-order valence-electron chi connectivity index (χ3n) is 3.05. The van der Waals surface area contributed by atoms with Crippen LogP contribution in [0.15, 0.2) is 28.6 Å². The molecule has 2 aromatic heterocycles. The van der Waals surface area contributed by atoms with Crippen molar-refractivity contribution in [1.29, 1.82) is 5.26 Å². The molecule has 0 aliphatic heterocycles. The first kappa shape index (κ1) is 11.3. The molecule has 0 saturated heterocycles. The number of hydrogen-bond donors (Lipinski definition) is 1. The van der Waals surface area contributed by atoms with Gasteiger partial charge < -0.3 is 4.98 Å². The van der Waals surface area contributed by atoms with Gasteiger partial charge in [-0.15, -0.1) is 0 Å². The summed E-state index contributed by atoms with van der Waals surface area (Å²) in [5.41, 5.74) is 3.04. The first-order valence-corrected chi connectivity index (χ1v) is 6.78. The highest BCUT2D eigenvalue weighted by molar-refractivity contribution is 7.99. The molecular formula is C13H12N4S. The Morgan fingerprint density at radius 2 is 2.22 bits per heavy atom. The molecule has 0 aromatic carbocycles. The fourth-order valence-electron chi connectivity index (χ4n) is 2.17. The lowest BCUT2D eigenvalue weighted by Crippen LogP contribution is -2.07. The average Bonchev–Trinajstić information content (AvgIpc) is 2.91. The first-order chi connectivity index (χ1) is 8.86. The Kier molecular flexibility index (Phi) is 3.03. The van der Waals surface area contributed by atoms with Gasteiger partial charge in [-0.05, 0) is 49.1 Å². The predicted molar refractivity (Wildman–Crippen MR) is 68.3 cm³/mol. The maximum Gasteiger partial charge on any atom is 0.171 e. The van der Waals surface area contributed by atoms with E-state index in [-0.39, 0.29) is 0 Å². The maximum atomic E-state index is 9.21. The summed E-state index contributed by atoms with van der Waals surface area (Å²) in [5.74, 6) is 0. The zero-order valence-electron chi connectivity index (χ0n) is 9.81. The molecule has 0 atom stereocenters. The number of aryl methyl sites for hydroxylation is 2. The smallest absolute Gasteiger partial charge is 0.171 e. The SMILES string of the molecule is N#Cc1cc2c(nc1Sc1ncc[nH]1)CCCC2. The third-order valence-corrected chi connectivity index (χ3v) is 3.97. The van der Waals surface area contributed by atoms with Crippen LogP contribution in [0.5, 0.6) is 0 Å². The van der Waals surface area contributed by atoms with E-state index in [0.717, 1.165) is 28.7 Å². The van der Waals surface area contributed by atoms with Crippen LogP contribution < -0.4 is 0 Å². The third kappa shape index (κ3) is 2.12. The summed E-state index contributed by atoms with van der Waals surface area (Å²) < 4.78 is 0. The van der Waals surface area contributed by atoms with Gasteiger partial charge in [0.15, 0.2) is 5.16 Å². The number of pyridine rings is 1. The number of aromatic nitrogens is 3. The molecule has 3 rings (SSSR count). The second kappa shape index (κ2) is 4.83. The van der Waals surface area contributed by atoms with Crippen molar-refractivity contribution in [2.45, 2.75) is 35.9 Å². The van der Waals surface area contributed by atoms with Gasteiger partial charge in [0, 0.05) is 18.1 Å². The van der Waals surface area contributed by atoms with Crippen molar-refractivity contribution in [3.8, 4) is 6.07 Å². The summed E-state index contributed by atoms with van der Waals surface area (Å²) in [4.78, 5) is 11.8. The Balaban J connectivity index is 2.00. The molecule has 0 radical (unpaired) electrons. The van der Waals surface area contributed by atoms with Crippen LogP contribution in [-0.4, -0.2) is 15.0 Å². The van der Waals surface area contributed by atoms with Gasteiger partial charge in [-0.25, -0.2) is 9.97 Å². The minimum absolute atomic E-state index is 0.650. The number of nitriles is 1. The molecule has 0 bridgehead atoms. The van der Waals surface area contributed by atoms with E-state index in [1.807, 2.05) is 6.07 Å². The van der Waals surface area contributed by atoms with E-state index in [4.69, 9.17) is 0 Å². The van der Waals surface area contributed by atoms with Gasteiger partial charge >= 0.3 is 0 Å². The van der Waals surface area contributed by atoms with Crippen LogP contribution in [0.3, 0.4) is 0 Å². The maximum absolute atomic E-state index is 9.21. The average molecular weight is 256 g/mol. The van der Waals surface area contributed by atoms with Crippen LogP contribution in [0.1, 0.15) is 29.7 Å². The summed E-state index contributed by atoms with van der Waals surface area (Å²) in [6.07, 6.45) is 7.93. The number of nitrogens with one attached hydrogen (secondary N) is 1. The van der Waals surface area contributed by atoms with E-state index in [2.05, 4.69) is 21.0 Å². The monoisotopic (exact) mass is 256 g/mol. The Bertz CT molecular complexity index is 598. The first-order valence-electron chi connectivity index (χ1n) is 5.97. The quantitative estimate of drug-likeness (QED) is 0.897. The van der Waals surface area contributed by atoms with E-state index < -0.39 is 0 Å². The number of nitrogens with zero attached hydrogens (tertiary/aromatic N) is 3. The van der Waals surface area contributed by atoms with E-state index in [9.17, 15) is 5.26 Å². The lowest BCUT2D eigenvalue weighted by Gasteiger charge is -2.16. The molecule has 4 nitrogen and oxygen atoms in total.